The van der Waals surface area contributed by atoms with Gasteiger partial charge in [0, 0.05) is 12.5 Å². The summed E-state index contributed by atoms with van der Waals surface area (Å²) in [6.07, 6.45) is 0.851. The molecule has 12 heteroatoms. The summed E-state index contributed by atoms with van der Waals surface area (Å²) < 4.78 is 31.9. The van der Waals surface area contributed by atoms with Crippen LogP contribution in [0.3, 0.4) is 0 Å². The number of carbonyl (C=O) groups excluding carboxylic acids is 3. The van der Waals surface area contributed by atoms with E-state index in [-0.39, 0.29) is 11.3 Å². The van der Waals surface area contributed by atoms with Crippen molar-refractivity contribution in [1.29, 1.82) is 0 Å². The van der Waals surface area contributed by atoms with Gasteiger partial charge >= 0.3 is 6.09 Å². The van der Waals surface area contributed by atoms with Gasteiger partial charge < -0.3 is 20.4 Å². The zero-order valence-electron chi connectivity index (χ0n) is 24.5. The second-order valence-corrected chi connectivity index (χ2v) is 13.1. The maximum absolute atomic E-state index is 13.8. The Hall–Kier alpha value is -4.97. The number of para-hydroxylation sites is 2. The molecular weight excluding hydrogens is 582 g/mol. The van der Waals surface area contributed by atoms with Crippen LogP contribution in [-0.4, -0.2) is 47.9 Å². The van der Waals surface area contributed by atoms with Gasteiger partial charge in [-0.2, -0.15) is 0 Å². The van der Waals surface area contributed by atoms with E-state index in [1.165, 1.54) is 0 Å². The molecule has 2 atom stereocenters. The van der Waals surface area contributed by atoms with Crippen molar-refractivity contribution in [3.05, 3.63) is 107 Å². The molecule has 1 aromatic heterocycles. The fourth-order valence-corrected chi connectivity index (χ4v) is 5.97. The Morgan fingerprint density at radius 3 is 2.18 bits per heavy atom. The molecule has 1 aliphatic rings. The number of ether oxygens (including phenoxy) is 1. The summed E-state index contributed by atoms with van der Waals surface area (Å²) in [5.74, 6) is -0.620. The number of hydrogen-bond donors (Lipinski definition) is 4. The molecule has 4 N–H and O–H groups in total. The molecule has 0 aliphatic carbocycles. The molecule has 2 heterocycles. The number of imidazole rings is 1. The zero-order chi connectivity index (χ0) is 31.5. The van der Waals surface area contributed by atoms with Crippen LogP contribution in [0, 0.1) is 0 Å². The van der Waals surface area contributed by atoms with E-state index in [0.717, 1.165) is 28.2 Å². The topological polar surface area (TPSA) is 159 Å². The van der Waals surface area contributed by atoms with Crippen molar-refractivity contribution in [2.24, 2.45) is 0 Å². The van der Waals surface area contributed by atoms with Crippen molar-refractivity contribution in [3.63, 3.8) is 0 Å². The average molecular weight is 616 g/mol. The Bertz CT molecular complexity index is 1790. The van der Waals surface area contributed by atoms with Crippen LogP contribution in [0.15, 0.2) is 84.9 Å². The van der Waals surface area contributed by atoms with Crippen molar-refractivity contribution in [3.8, 4) is 0 Å². The van der Waals surface area contributed by atoms with Crippen molar-refractivity contribution >= 4 is 43.9 Å². The van der Waals surface area contributed by atoms with Crippen LogP contribution in [0.25, 0.3) is 15.9 Å². The second kappa shape index (κ2) is 12.3. The Morgan fingerprint density at radius 2 is 1.55 bits per heavy atom. The van der Waals surface area contributed by atoms with Crippen LogP contribution in [0.4, 0.5) is 4.79 Å². The highest BCUT2D eigenvalue weighted by Gasteiger charge is 2.30. The maximum Gasteiger partial charge on any atom is 0.408 e. The molecule has 0 saturated heterocycles. The van der Waals surface area contributed by atoms with E-state index in [0.29, 0.717) is 17.8 Å². The smallest absolute Gasteiger partial charge is 0.408 e. The molecule has 3 aromatic carbocycles. The van der Waals surface area contributed by atoms with Gasteiger partial charge in [0.25, 0.3) is 15.9 Å². The Balaban J connectivity index is 1.42. The number of alkyl carbamates (subject to hydrolysis) is 1. The lowest BCUT2D eigenvalue weighted by Gasteiger charge is -2.25. The van der Waals surface area contributed by atoms with Crippen molar-refractivity contribution in [2.75, 3.05) is 0 Å². The van der Waals surface area contributed by atoms with Crippen LogP contribution in [0.1, 0.15) is 49.3 Å². The number of hydrogen-bond acceptors (Lipinski definition) is 7. The van der Waals surface area contributed by atoms with E-state index in [1.54, 1.807) is 45.0 Å². The molecule has 11 nitrogen and oxygen atoms in total. The predicted octanol–water partition coefficient (Wildman–Crippen LogP) is 3.90. The molecular formula is C32H33N5O6S. The normalized spacial score (nSPS) is 15.6. The van der Waals surface area contributed by atoms with Gasteiger partial charge in [-0.1, -0.05) is 66.7 Å². The fraction of sp³-hybridized carbons (Fsp3) is 0.250. The average Bonchev–Trinajstić information content (AvgIpc) is 3.51. The molecule has 0 radical (unpaired) electrons. The number of H-pyrrole nitrogens is 1. The largest absolute Gasteiger partial charge is 0.444 e. The standard InChI is InChI=1S/C32H33N5O6S/c1-32(2,3)43-31(40)36-26(18-20-9-5-4-6-10-20)30(39)35-25(29-33-23-11-7-8-12-24(23)34-29)17-21-13-15-22(16-14-21)27-19-28(38)37-44(27,41)42/h4-16,19,25-26H,17-18H2,1-3H3,(H,33,34)(H,35,39)(H,36,40)(H,37,38)/t25-,26-/m0/s1. The lowest BCUT2D eigenvalue weighted by molar-refractivity contribution is -0.124. The van der Waals surface area contributed by atoms with Gasteiger partial charge in [0.2, 0.25) is 5.91 Å². The predicted molar refractivity (Wildman–Crippen MR) is 165 cm³/mol. The quantitative estimate of drug-likeness (QED) is 0.222. The number of fused-ring (bicyclic) bond motifs is 1. The maximum atomic E-state index is 13.8. The molecule has 0 saturated carbocycles. The summed E-state index contributed by atoms with van der Waals surface area (Å²) in [7, 11) is -3.91. The van der Waals surface area contributed by atoms with Crippen molar-refractivity contribution in [1.82, 2.24) is 25.3 Å². The van der Waals surface area contributed by atoms with E-state index in [1.807, 2.05) is 59.3 Å². The van der Waals surface area contributed by atoms with Gasteiger partial charge in [-0.05, 0) is 56.0 Å². The molecule has 5 rings (SSSR count). The third-order valence-corrected chi connectivity index (χ3v) is 8.21. The molecule has 0 unspecified atom stereocenters. The zero-order valence-corrected chi connectivity index (χ0v) is 25.3. The molecule has 4 aromatic rings. The molecule has 0 spiro atoms. The SMILES string of the molecule is CC(C)(C)OC(=O)N[C@@H](Cc1ccccc1)C(=O)N[C@@H](Cc1ccc(C2=CC(=O)NS2(=O)=O)cc1)c1nc2ccccc2[nH]1. The summed E-state index contributed by atoms with van der Waals surface area (Å²) >= 11 is 0. The van der Waals surface area contributed by atoms with Gasteiger partial charge in [-0.25, -0.2) is 22.9 Å². The number of rotatable bonds is 9. The first-order valence-corrected chi connectivity index (χ1v) is 15.5. The van der Waals surface area contributed by atoms with Gasteiger partial charge in [-0.15, -0.1) is 0 Å². The number of sulfonamides is 1. The lowest BCUT2D eigenvalue weighted by Crippen LogP contribution is -2.50. The van der Waals surface area contributed by atoms with E-state index in [2.05, 4.69) is 15.6 Å². The Labute approximate surface area is 255 Å². The van der Waals surface area contributed by atoms with E-state index in [4.69, 9.17) is 9.72 Å². The number of aromatic amines is 1. The monoisotopic (exact) mass is 615 g/mol. The van der Waals surface area contributed by atoms with Crippen molar-refractivity contribution < 1.29 is 27.5 Å². The lowest BCUT2D eigenvalue weighted by atomic mass is 10.0. The van der Waals surface area contributed by atoms with E-state index < -0.39 is 45.6 Å². The minimum Gasteiger partial charge on any atom is -0.444 e. The molecule has 228 valence electrons. The third-order valence-electron chi connectivity index (χ3n) is 6.81. The van der Waals surface area contributed by atoms with E-state index >= 15 is 0 Å². The first-order chi connectivity index (χ1) is 20.9. The minimum absolute atomic E-state index is 0.104. The van der Waals surface area contributed by atoms with Crippen LogP contribution in [-0.2, 0) is 37.2 Å². The number of nitrogens with one attached hydrogen (secondary N) is 4. The second-order valence-electron chi connectivity index (χ2n) is 11.5. The molecule has 0 fully saturated rings. The van der Waals surface area contributed by atoms with Crippen molar-refractivity contribution in [2.45, 2.75) is 51.3 Å². The molecule has 44 heavy (non-hydrogen) atoms. The number of amides is 3. The summed E-state index contributed by atoms with van der Waals surface area (Å²) in [5, 5.41) is 5.77. The van der Waals surface area contributed by atoms with Gasteiger partial charge in [0.05, 0.1) is 17.1 Å². The van der Waals surface area contributed by atoms with Gasteiger partial charge in [0.1, 0.15) is 22.4 Å². The summed E-state index contributed by atoms with van der Waals surface area (Å²) in [6, 6.07) is 21.9. The fourth-order valence-electron chi connectivity index (χ4n) is 4.83. The third kappa shape index (κ3) is 7.51. The van der Waals surface area contributed by atoms with Gasteiger partial charge in [0.15, 0.2) is 0 Å². The van der Waals surface area contributed by atoms with Crippen LogP contribution in [0.2, 0.25) is 0 Å². The Morgan fingerprint density at radius 1 is 0.886 bits per heavy atom. The number of benzene rings is 3. The summed E-state index contributed by atoms with van der Waals surface area (Å²) in [5.41, 5.74) is 2.75. The number of nitrogens with zero attached hydrogens (tertiary/aromatic N) is 1. The highest BCUT2D eigenvalue weighted by atomic mass is 32.2. The highest BCUT2D eigenvalue weighted by molar-refractivity contribution is 7.99. The van der Waals surface area contributed by atoms with Crippen LogP contribution < -0.4 is 15.4 Å². The highest BCUT2D eigenvalue weighted by Crippen LogP contribution is 2.26. The number of carbonyl (C=O) groups is 3. The Kier molecular flexibility index (Phi) is 8.54. The summed E-state index contributed by atoms with van der Waals surface area (Å²) in [6.45, 7) is 5.23. The number of aromatic nitrogens is 2. The van der Waals surface area contributed by atoms with Crippen LogP contribution in [0.5, 0.6) is 0 Å². The van der Waals surface area contributed by atoms with Gasteiger partial charge in [-0.3, -0.25) is 9.59 Å². The minimum atomic E-state index is -3.91. The first-order valence-electron chi connectivity index (χ1n) is 14.0. The van der Waals surface area contributed by atoms with E-state index in [9.17, 15) is 22.8 Å². The first kappa shape index (κ1) is 30.5. The summed E-state index contributed by atoms with van der Waals surface area (Å²) in [4.78, 5) is 46.1. The molecule has 3 amide bonds. The van der Waals surface area contributed by atoms with Crippen LogP contribution >= 0.6 is 0 Å². The molecule has 1 aliphatic heterocycles. The molecule has 0 bridgehead atoms.